The van der Waals surface area contributed by atoms with Gasteiger partial charge >= 0.3 is 0 Å². The molecule has 0 radical (unpaired) electrons. The van der Waals surface area contributed by atoms with E-state index in [1.165, 1.54) is 13.2 Å². The number of para-hydroxylation sites is 2. The molecule has 0 saturated heterocycles. The molecule has 4 nitrogen and oxygen atoms in total. The predicted molar refractivity (Wildman–Crippen MR) is 79.6 cm³/mol. The lowest BCUT2D eigenvalue weighted by Gasteiger charge is -2.15. The number of fused-ring (bicyclic) bond motifs is 1. The van der Waals surface area contributed by atoms with Crippen LogP contribution in [-0.4, -0.2) is 16.7 Å². The maximum Gasteiger partial charge on any atom is 0.131 e. The standard InChI is InChI=1S/C16H16FN3O/c1-21-11-6-7-12(13(17)8-11)14(18)9-20-10-19-15-4-2-3-5-16(15)20/h2-8,10,14H,9,18H2,1H3. The van der Waals surface area contributed by atoms with Crippen molar-refractivity contribution in [1.29, 1.82) is 0 Å². The summed E-state index contributed by atoms with van der Waals surface area (Å²) in [4.78, 5) is 4.31. The second kappa shape index (κ2) is 5.54. The average Bonchev–Trinajstić information content (AvgIpc) is 2.90. The third kappa shape index (κ3) is 2.60. The first-order valence-corrected chi connectivity index (χ1v) is 6.68. The Morgan fingerprint density at radius 3 is 2.86 bits per heavy atom. The number of rotatable bonds is 4. The summed E-state index contributed by atoms with van der Waals surface area (Å²) in [6.45, 7) is 0.462. The van der Waals surface area contributed by atoms with Gasteiger partial charge in [0, 0.05) is 18.2 Å². The molecule has 21 heavy (non-hydrogen) atoms. The van der Waals surface area contributed by atoms with Gasteiger partial charge in [-0.15, -0.1) is 0 Å². The first-order valence-electron chi connectivity index (χ1n) is 6.68. The molecule has 0 saturated carbocycles. The van der Waals surface area contributed by atoms with Gasteiger partial charge < -0.3 is 15.0 Å². The average molecular weight is 285 g/mol. The zero-order chi connectivity index (χ0) is 14.8. The fraction of sp³-hybridized carbons (Fsp3) is 0.188. The maximum atomic E-state index is 14.0. The molecule has 108 valence electrons. The number of methoxy groups -OCH3 is 1. The molecule has 1 aromatic heterocycles. The first-order chi connectivity index (χ1) is 10.2. The van der Waals surface area contributed by atoms with Crippen molar-refractivity contribution in [3.05, 3.63) is 60.2 Å². The van der Waals surface area contributed by atoms with Crippen LogP contribution in [-0.2, 0) is 6.54 Å². The number of nitrogens with two attached hydrogens (primary N) is 1. The van der Waals surface area contributed by atoms with Crippen LogP contribution in [0.15, 0.2) is 48.8 Å². The van der Waals surface area contributed by atoms with Crippen LogP contribution in [0.25, 0.3) is 11.0 Å². The summed E-state index contributed by atoms with van der Waals surface area (Å²) in [6.07, 6.45) is 1.73. The highest BCUT2D eigenvalue weighted by atomic mass is 19.1. The van der Waals surface area contributed by atoms with Crippen LogP contribution in [0.2, 0.25) is 0 Å². The highest BCUT2D eigenvalue weighted by Gasteiger charge is 2.14. The molecule has 0 amide bonds. The molecule has 0 aliphatic carbocycles. The van der Waals surface area contributed by atoms with Crippen LogP contribution in [0.4, 0.5) is 4.39 Å². The Kier molecular flexibility index (Phi) is 3.58. The van der Waals surface area contributed by atoms with Crippen LogP contribution < -0.4 is 10.5 Å². The normalized spacial score (nSPS) is 12.5. The number of aromatic nitrogens is 2. The zero-order valence-corrected chi connectivity index (χ0v) is 11.7. The van der Waals surface area contributed by atoms with Crippen molar-refractivity contribution in [2.24, 2.45) is 5.73 Å². The Morgan fingerprint density at radius 1 is 1.29 bits per heavy atom. The molecule has 1 atom stereocenters. The third-order valence-corrected chi connectivity index (χ3v) is 3.53. The van der Waals surface area contributed by atoms with E-state index in [0.717, 1.165) is 11.0 Å². The lowest BCUT2D eigenvalue weighted by molar-refractivity contribution is 0.409. The molecule has 0 aliphatic rings. The van der Waals surface area contributed by atoms with Crippen molar-refractivity contribution >= 4 is 11.0 Å². The number of hydrogen-bond donors (Lipinski definition) is 1. The molecule has 2 aromatic carbocycles. The molecular formula is C16H16FN3O. The first kappa shape index (κ1) is 13.6. The highest BCUT2D eigenvalue weighted by Crippen LogP contribution is 2.23. The van der Waals surface area contributed by atoms with Gasteiger partial charge in [-0.25, -0.2) is 9.37 Å². The summed E-state index contributed by atoms with van der Waals surface area (Å²) in [5.74, 6) is 0.128. The van der Waals surface area contributed by atoms with E-state index in [2.05, 4.69) is 4.98 Å². The number of nitrogens with zero attached hydrogens (tertiary/aromatic N) is 2. The molecule has 2 N–H and O–H groups in total. The Morgan fingerprint density at radius 2 is 2.10 bits per heavy atom. The Hall–Kier alpha value is -2.40. The Bertz CT molecular complexity index is 769. The summed E-state index contributed by atoms with van der Waals surface area (Å²) in [5.41, 5.74) is 8.50. The van der Waals surface area contributed by atoms with Crippen molar-refractivity contribution < 1.29 is 9.13 Å². The molecule has 3 aromatic rings. The van der Waals surface area contributed by atoms with Crippen LogP contribution in [0.1, 0.15) is 11.6 Å². The van der Waals surface area contributed by atoms with Crippen LogP contribution in [0.5, 0.6) is 5.75 Å². The minimum Gasteiger partial charge on any atom is -0.497 e. The second-order valence-electron chi connectivity index (χ2n) is 4.88. The van der Waals surface area contributed by atoms with Gasteiger partial charge in [-0.1, -0.05) is 18.2 Å². The van der Waals surface area contributed by atoms with Gasteiger partial charge in [0.15, 0.2) is 0 Å². The Labute approximate surface area is 122 Å². The van der Waals surface area contributed by atoms with Crippen molar-refractivity contribution in [1.82, 2.24) is 9.55 Å². The van der Waals surface area contributed by atoms with Gasteiger partial charge in [0.05, 0.1) is 30.5 Å². The maximum absolute atomic E-state index is 14.0. The third-order valence-electron chi connectivity index (χ3n) is 3.53. The summed E-state index contributed by atoms with van der Waals surface area (Å²) < 4.78 is 21.0. The second-order valence-corrected chi connectivity index (χ2v) is 4.88. The number of benzene rings is 2. The molecule has 0 bridgehead atoms. The lowest BCUT2D eigenvalue weighted by Crippen LogP contribution is -2.18. The molecule has 0 spiro atoms. The van der Waals surface area contributed by atoms with E-state index in [4.69, 9.17) is 10.5 Å². The molecular weight excluding hydrogens is 269 g/mol. The van der Waals surface area contributed by atoms with E-state index >= 15 is 0 Å². The van der Waals surface area contributed by atoms with Gasteiger partial charge in [0.25, 0.3) is 0 Å². The van der Waals surface area contributed by atoms with Crippen molar-refractivity contribution in [3.8, 4) is 5.75 Å². The zero-order valence-electron chi connectivity index (χ0n) is 11.7. The van der Waals surface area contributed by atoms with E-state index in [9.17, 15) is 4.39 Å². The predicted octanol–water partition coefficient (Wildman–Crippen LogP) is 2.88. The quantitative estimate of drug-likeness (QED) is 0.802. The van der Waals surface area contributed by atoms with Crippen molar-refractivity contribution in [2.45, 2.75) is 12.6 Å². The van der Waals surface area contributed by atoms with Crippen LogP contribution in [0, 0.1) is 5.82 Å². The molecule has 3 rings (SSSR count). The summed E-state index contributed by atoms with van der Waals surface area (Å²) in [6, 6.07) is 12.1. The fourth-order valence-corrected chi connectivity index (χ4v) is 2.40. The summed E-state index contributed by atoms with van der Waals surface area (Å²) in [5, 5.41) is 0. The van der Waals surface area contributed by atoms with Gasteiger partial charge in [0.1, 0.15) is 11.6 Å². The monoisotopic (exact) mass is 285 g/mol. The van der Waals surface area contributed by atoms with E-state index < -0.39 is 6.04 Å². The fourth-order valence-electron chi connectivity index (χ4n) is 2.40. The molecule has 1 unspecified atom stereocenters. The van der Waals surface area contributed by atoms with Gasteiger partial charge in [0.2, 0.25) is 0 Å². The topological polar surface area (TPSA) is 53.1 Å². The van der Waals surface area contributed by atoms with Crippen molar-refractivity contribution in [2.75, 3.05) is 7.11 Å². The van der Waals surface area contributed by atoms with Gasteiger partial charge in [-0.05, 0) is 18.2 Å². The number of imidazole rings is 1. The van der Waals surface area contributed by atoms with E-state index in [-0.39, 0.29) is 5.82 Å². The van der Waals surface area contributed by atoms with E-state index in [0.29, 0.717) is 17.9 Å². The lowest BCUT2D eigenvalue weighted by atomic mass is 10.1. The molecule has 0 fully saturated rings. The van der Waals surface area contributed by atoms with Crippen LogP contribution in [0.3, 0.4) is 0 Å². The van der Waals surface area contributed by atoms with Crippen LogP contribution >= 0.6 is 0 Å². The molecule has 1 heterocycles. The number of halogens is 1. The summed E-state index contributed by atoms with van der Waals surface area (Å²) >= 11 is 0. The SMILES string of the molecule is COc1ccc(C(N)Cn2cnc3ccccc32)c(F)c1. The largest absolute Gasteiger partial charge is 0.497 e. The van der Waals surface area contributed by atoms with Crippen molar-refractivity contribution in [3.63, 3.8) is 0 Å². The molecule has 5 heteroatoms. The minimum absolute atomic E-state index is 0.355. The minimum atomic E-state index is -0.450. The van der Waals surface area contributed by atoms with E-state index in [1.807, 2.05) is 28.8 Å². The van der Waals surface area contributed by atoms with Gasteiger partial charge in [-0.3, -0.25) is 0 Å². The number of ether oxygens (including phenoxy) is 1. The molecule has 0 aliphatic heterocycles. The summed E-state index contributed by atoms with van der Waals surface area (Å²) in [7, 11) is 1.51. The number of hydrogen-bond acceptors (Lipinski definition) is 3. The smallest absolute Gasteiger partial charge is 0.131 e. The van der Waals surface area contributed by atoms with E-state index in [1.54, 1.807) is 18.5 Å². The van der Waals surface area contributed by atoms with Gasteiger partial charge in [-0.2, -0.15) is 0 Å². The Balaban J connectivity index is 1.87. The highest BCUT2D eigenvalue weighted by molar-refractivity contribution is 5.74.